The van der Waals surface area contributed by atoms with E-state index < -0.39 is 0 Å². The van der Waals surface area contributed by atoms with E-state index in [9.17, 15) is 0 Å². The van der Waals surface area contributed by atoms with Crippen molar-refractivity contribution in [2.24, 2.45) is 0 Å². The topological polar surface area (TPSA) is 41.1 Å². The molecule has 4 nitrogen and oxygen atoms in total. The summed E-state index contributed by atoms with van der Waals surface area (Å²) in [6.45, 7) is 2.80. The van der Waals surface area contributed by atoms with Crippen molar-refractivity contribution in [2.45, 2.75) is 13.5 Å². The van der Waals surface area contributed by atoms with Crippen LogP contribution in [-0.2, 0) is 6.54 Å². The first kappa shape index (κ1) is 12.4. The molecular formula is C14H18N4. The van der Waals surface area contributed by atoms with Crippen LogP contribution in [0.3, 0.4) is 0 Å². The minimum Gasteiger partial charge on any atom is -0.379 e. The zero-order valence-electron chi connectivity index (χ0n) is 11.0. The third kappa shape index (κ3) is 2.97. The zero-order chi connectivity index (χ0) is 13.0. The van der Waals surface area contributed by atoms with E-state index in [1.54, 1.807) is 18.6 Å². The molecule has 1 aromatic carbocycles. The first-order valence-electron chi connectivity index (χ1n) is 5.93. The van der Waals surface area contributed by atoms with Crippen LogP contribution in [0.25, 0.3) is 0 Å². The van der Waals surface area contributed by atoms with Gasteiger partial charge in [0.15, 0.2) is 0 Å². The van der Waals surface area contributed by atoms with Crippen molar-refractivity contribution in [2.75, 3.05) is 24.3 Å². The number of aromatic nitrogens is 2. The summed E-state index contributed by atoms with van der Waals surface area (Å²) in [5, 5.41) is 3.35. The summed E-state index contributed by atoms with van der Waals surface area (Å²) >= 11 is 0. The number of nitrogens with zero attached hydrogens (tertiary/aromatic N) is 3. The van der Waals surface area contributed by atoms with E-state index in [0.717, 1.165) is 11.4 Å². The number of anilines is 2. The van der Waals surface area contributed by atoms with Crippen molar-refractivity contribution < 1.29 is 0 Å². The SMILES string of the molecule is Cc1ccc(NCc2cnccn2)cc1N(C)C. The van der Waals surface area contributed by atoms with Crippen molar-refractivity contribution in [1.29, 1.82) is 0 Å². The molecule has 0 aliphatic heterocycles. The fourth-order valence-corrected chi connectivity index (χ4v) is 1.82. The van der Waals surface area contributed by atoms with Gasteiger partial charge in [0.25, 0.3) is 0 Å². The summed E-state index contributed by atoms with van der Waals surface area (Å²) in [5.41, 5.74) is 4.52. The van der Waals surface area contributed by atoms with Crippen LogP contribution in [0.2, 0.25) is 0 Å². The lowest BCUT2D eigenvalue weighted by molar-refractivity contribution is 1.01. The largest absolute Gasteiger partial charge is 0.379 e. The van der Waals surface area contributed by atoms with Crippen LogP contribution in [0.1, 0.15) is 11.3 Å². The number of hydrogen-bond donors (Lipinski definition) is 1. The Hall–Kier alpha value is -2.10. The summed E-state index contributed by atoms with van der Waals surface area (Å²) in [6, 6.07) is 6.35. The van der Waals surface area contributed by atoms with Crippen molar-refractivity contribution in [3.05, 3.63) is 48.0 Å². The van der Waals surface area contributed by atoms with Crippen molar-refractivity contribution in [3.8, 4) is 0 Å². The minimum absolute atomic E-state index is 0.684. The van der Waals surface area contributed by atoms with Gasteiger partial charge in [0.2, 0.25) is 0 Å². The molecule has 0 radical (unpaired) electrons. The first-order valence-corrected chi connectivity index (χ1v) is 5.93. The molecule has 0 fully saturated rings. The lowest BCUT2D eigenvalue weighted by atomic mass is 10.1. The van der Waals surface area contributed by atoms with Gasteiger partial charge in [-0.3, -0.25) is 9.97 Å². The number of hydrogen-bond acceptors (Lipinski definition) is 4. The van der Waals surface area contributed by atoms with Crippen molar-refractivity contribution in [1.82, 2.24) is 9.97 Å². The second-order valence-corrected chi connectivity index (χ2v) is 4.45. The maximum absolute atomic E-state index is 4.23. The Balaban J connectivity index is 2.08. The summed E-state index contributed by atoms with van der Waals surface area (Å²) in [6.07, 6.45) is 5.16. The van der Waals surface area contributed by atoms with E-state index in [1.165, 1.54) is 11.3 Å². The Morgan fingerprint density at radius 3 is 2.72 bits per heavy atom. The average Bonchev–Trinajstić information content (AvgIpc) is 2.38. The molecule has 0 amide bonds. The quantitative estimate of drug-likeness (QED) is 0.894. The van der Waals surface area contributed by atoms with Crippen LogP contribution >= 0.6 is 0 Å². The summed E-state index contributed by atoms with van der Waals surface area (Å²) in [4.78, 5) is 10.4. The normalized spacial score (nSPS) is 10.2. The highest BCUT2D eigenvalue weighted by Crippen LogP contribution is 2.22. The predicted octanol–water partition coefficient (Wildman–Crippen LogP) is 2.46. The molecule has 18 heavy (non-hydrogen) atoms. The van der Waals surface area contributed by atoms with E-state index in [2.05, 4.69) is 59.4 Å². The Labute approximate surface area is 108 Å². The highest BCUT2D eigenvalue weighted by atomic mass is 15.1. The molecule has 0 saturated carbocycles. The lowest BCUT2D eigenvalue weighted by Gasteiger charge is -2.17. The maximum Gasteiger partial charge on any atom is 0.0777 e. The predicted molar refractivity (Wildman–Crippen MR) is 74.9 cm³/mol. The van der Waals surface area contributed by atoms with Gasteiger partial charge in [-0.15, -0.1) is 0 Å². The number of benzene rings is 1. The molecule has 0 spiro atoms. The van der Waals surface area contributed by atoms with Crippen LogP contribution in [0.5, 0.6) is 0 Å². The summed E-state index contributed by atoms with van der Waals surface area (Å²) in [7, 11) is 4.10. The van der Waals surface area contributed by atoms with Gasteiger partial charge in [-0.1, -0.05) is 6.07 Å². The minimum atomic E-state index is 0.684. The van der Waals surface area contributed by atoms with E-state index in [-0.39, 0.29) is 0 Å². The molecule has 4 heteroatoms. The van der Waals surface area contributed by atoms with Gasteiger partial charge >= 0.3 is 0 Å². The Kier molecular flexibility index (Phi) is 3.77. The van der Waals surface area contributed by atoms with E-state index >= 15 is 0 Å². The molecule has 0 aliphatic carbocycles. The van der Waals surface area contributed by atoms with E-state index in [0.29, 0.717) is 6.54 Å². The Morgan fingerprint density at radius 2 is 2.06 bits per heavy atom. The maximum atomic E-state index is 4.23. The Bertz CT molecular complexity index is 508. The van der Waals surface area contributed by atoms with Crippen LogP contribution in [0.4, 0.5) is 11.4 Å². The Morgan fingerprint density at radius 1 is 1.22 bits per heavy atom. The van der Waals surface area contributed by atoms with Crippen LogP contribution in [0, 0.1) is 6.92 Å². The van der Waals surface area contributed by atoms with Gasteiger partial charge in [0, 0.05) is 37.9 Å². The lowest BCUT2D eigenvalue weighted by Crippen LogP contribution is -2.11. The van der Waals surface area contributed by atoms with E-state index in [4.69, 9.17) is 0 Å². The van der Waals surface area contributed by atoms with Gasteiger partial charge in [-0.05, 0) is 24.6 Å². The second-order valence-electron chi connectivity index (χ2n) is 4.45. The molecule has 1 aromatic heterocycles. The van der Waals surface area contributed by atoms with Gasteiger partial charge < -0.3 is 10.2 Å². The van der Waals surface area contributed by atoms with Gasteiger partial charge in [-0.25, -0.2) is 0 Å². The van der Waals surface area contributed by atoms with Crippen LogP contribution < -0.4 is 10.2 Å². The number of nitrogens with one attached hydrogen (secondary N) is 1. The fraction of sp³-hybridized carbons (Fsp3) is 0.286. The standard InChI is InChI=1S/C14H18N4/c1-11-4-5-12(8-14(11)18(2)3)17-10-13-9-15-6-7-16-13/h4-9,17H,10H2,1-3H3. The molecule has 94 valence electrons. The molecule has 0 unspecified atom stereocenters. The molecule has 0 bridgehead atoms. The second kappa shape index (κ2) is 5.49. The molecule has 0 saturated heterocycles. The molecule has 2 rings (SSSR count). The monoisotopic (exact) mass is 242 g/mol. The third-order valence-electron chi connectivity index (χ3n) is 2.78. The first-order chi connectivity index (χ1) is 8.66. The molecule has 0 aliphatic rings. The van der Waals surface area contributed by atoms with Crippen molar-refractivity contribution >= 4 is 11.4 Å². The zero-order valence-corrected chi connectivity index (χ0v) is 11.0. The molecule has 1 heterocycles. The van der Waals surface area contributed by atoms with E-state index in [1.807, 2.05) is 0 Å². The summed E-state index contributed by atoms with van der Waals surface area (Å²) < 4.78 is 0. The van der Waals surface area contributed by atoms with Crippen LogP contribution in [0.15, 0.2) is 36.8 Å². The molecule has 2 aromatic rings. The van der Waals surface area contributed by atoms with Crippen LogP contribution in [-0.4, -0.2) is 24.1 Å². The number of rotatable bonds is 4. The smallest absolute Gasteiger partial charge is 0.0777 e. The molecule has 0 atom stereocenters. The number of aryl methyl sites for hydroxylation is 1. The molecule has 1 N–H and O–H groups in total. The summed E-state index contributed by atoms with van der Waals surface area (Å²) in [5.74, 6) is 0. The van der Waals surface area contributed by atoms with Gasteiger partial charge in [0.05, 0.1) is 18.4 Å². The highest BCUT2D eigenvalue weighted by Gasteiger charge is 2.02. The average molecular weight is 242 g/mol. The third-order valence-corrected chi connectivity index (χ3v) is 2.78. The molecular weight excluding hydrogens is 224 g/mol. The van der Waals surface area contributed by atoms with Gasteiger partial charge in [0.1, 0.15) is 0 Å². The van der Waals surface area contributed by atoms with Crippen molar-refractivity contribution in [3.63, 3.8) is 0 Å². The highest BCUT2D eigenvalue weighted by molar-refractivity contribution is 5.61. The fourth-order valence-electron chi connectivity index (χ4n) is 1.82. The van der Waals surface area contributed by atoms with Gasteiger partial charge in [-0.2, -0.15) is 0 Å².